The fraction of sp³-hybridized carbons (Fsp3) is 0.857. The van der Waals surface area contributed by atoms with Crippen LogP contribution in [0, 0.1) is 5.92 Å². The van der Waals surface area contributed by atoms with E-state index in [2.05, 4.69) is 5.32 Å². The van der Waals surface area contributed by atoms with Crippen LogP contribution >= 0.6 is 7.37 Å². The Bertz CT molecular complexity index is 386. The summed E-state index contributed by atoms with van der Waals surface area (Å²) in [4.78, 5) is 32.1. The van der Waals surface area contributed by atoms with Gasteiger partial charge in [-0.15, -0.1) is 0 Å². The average molecular weight is 337 g/mol. The normalized spacial score (nSPS) is 13.5. The number of carbonyl (C=O) groups is 2. The van der Waals surface area contributed by atoms with E-state index in [9.17, 15) is 19.0 Å². The van der Waals surface area contributed by atoms with Gasteiger partial charge in [-0.2, -0.15) is 0 Å². The van der Waals surface area contributed by atoms with Crippen molar-refractivity contribution in [1.29, 1.82) is 0 Å². The van der Waals surface area contributed by atoms with Crippen LogP contribution in [0.15, 0.2) is 0 Å². The minimum atomic E-state index is -3.07. The number of nitrogens with one attached hydrogen (secondary N) is 1. The van der Waals surface area contributed by atoms with E-state index in [-0.39, 0.29) is 37.8 Å². The van der Waals surface area contributed by atoms with Crippen molar-refractivity contribution < 1.29 is 28.5 Å². The van der Waals surface area contributed by atoms with Gasteiger partial charge >= 0.3 is 12.1 Å². The number of unbranched alkanes of at least 4 members (excludes halogenated alkanes) is 1. The standard InChI is InChI=1S/C14H28NO6P/c1-4-5-10-22(18,19)11-6-7-15-14(17)21-9-8-20-13(16)12(2)3/h12H,4-11H2,1-3H3,(H,15,17)(H,18,19). The summed E-state index contributed by atoms with van der Waals surface area (Å²) in [5, 5.41) is 2.49. The summed E-state index contributed by atoms with van der Waals surface area (Å²) in [6, 6.07) is 0. The van der Waals surface area contributed by atoms with Crippen molar-refractivity contribution >= 4 is 19.4 Å². The highest BCUT2D eigenvalue weighted by atomic mass is 31.2. The van der Waals surface area contributed by atoms with Crippen LogP contribution < -0.4 is 5.32 Å². The van der Waals surface area contributed by atoms with Crippen LogP contribution in [0.25, 0.3) is 0 Å². The first-order valence-electron chi connectivity index (χ1n) is 7.66. The maximum absolute atomic E-state index is 11.7. The lowest BCUT2D eigenvalue weighted by molar-refractivity contribution is -0.148. The van der Waals surface area contributed by atoms with Crippen molar-refractivity contribution in [3.05, 3.63) is 0 Å². The second kappa shape index (κ2) is 11.5. The van der Waals surface area contributed by atoms with E-state index in [0.717, 1.165) is 12.8 Å². The van der Waals surface area contributed by atoms with Crippen LogP contribution in [-0.4, -0.2) is 49.0 Å². The van der Waals surface area contributed by atoms with Gasteiger partial charge in [-0.3, -0.25) is 9.36 Å². The highest BCUT2D eigenvalue weighted by Crippen LogP contribution is 2.41. The van der Waals surface area contributed by atoms with Gasteiger partial charge in [0.25, 0.3) is 0 Å². The third-order valence-electron chi connectivity index (χ3n) is 2.85. The zero-order valence-electron chi connectivity index (χ0n) is 13.7. The van der Waals surface area contributed by atoms with Gasteiger partial charge < -0.3 is 19.7 Å². The smallest absolute Gasteiger partial charge is 0.407 e. The molecule has 130 valence electrons. The zero-order chi connectivity index (χ0) is 17.0. The quantitative estimate of drug-likeness (QED) is 0.341. The molecule has 0 aromatic heterocycles. The molecule has 0 saturated heterocycles. The average Bonchev–Trinajstić information content (AvgIpc) is 2.45. The van der Waals surface area contributed by atoms with Gasteiger partial charge in [-0.25, -0.2) is 4.79 Å². The molecule has 0 heterocycles. The lowest BCUT2D eigenvalue weighted by Crippen LogP contribution is -2.27. The molecule has 2 N–H and O–H groups in total. The minimum absolute atomic E-state index is 0.0146. The number of hydrogen-bond acceptors (Lipinski definition) is 5. The molecule has 0 aromatic carbocycles. The summed E-state index contributed by atoms with van der Waals surface area (Å²) in [6.45, 7) is 5.69. The molecule has 0 aliphatic heterocycles. The third-order valence-corrected chi connectivity index (χ3v) is 4.88. The van der Waals surface area contributed by atoms with E-state index < -0.39 is 13.5 Å². The number of amides is 1. The van der Waals surface area contributed by atoms with E-state index in [0.29, 0.717) is 12.6 Å². The number of carbonyl (C=O) groups excluding carboxylic acids is 2. The van der Waals surface area contributed by atoms with Gasteiger partial charge in [0.2, 0.25) is 7.37 Å². The van der Waals surface area contributed by atoms with Gasteiger partial charge in [0.1, 0.15) is 13.2 Å². The first-order valence-corrected chi connectivity index (χ1v) is 9.69. The number of ether oxygens (including phenoxy) is 2. The Hall–Kier alpha value is -1.07. The molecule has 0 fully saturated rings. The monoisotopic (exact) mass is 337 g/mol. The molecule has 0 aliphatic carbocycles. The topological polar surface area (TPSA) is 102 Å². The molecule has 0 radical (unpaired) electrons. The Morgan fingerprint density at radius 2 is 1.73 bits per heavy atom. The second-order valence-electron chi connectivity index (χ2n) is 5.39. The lowest BCUT2D eigenvalue weighted by Gasteiger charge is -2.11. The predicted molar refractivity (Wildman–Crippen MR) is 84.2 cm³/mol. The summed E-state index contributed by atoms with van der Waals surface area (Å²) in [5.41, 5.74) is 0. The summed E-state index contributed by atoms with van der Waals surface area (Å²) in [5.74, 6) is -0.550. The van der Waals surface area contributed by atoms with E-state index in [1.807, 2.05) is 6.92 Å². The largest absolute Gasteiger partial charge is 0.462 e. The van der Waals surface area contributed by atoms with Crippen molar-refractivity contribution in [3.8, 4) is 0 Å². The Morgan fingerprint density at radius 1 is 1.14 bits per heavy atom. The number of rotatable bonds is 11. The minimum Gasteiger partial charge on any atom is -0.462 e. The van der Waals surface area contributed by atoms with E-state index in [1.54, 1.807) is 13.8 Å². The molecule has 0 saturated carbocycles. The number of esters is 1. The third kappa shape index (κ3) is 11.6. The zero-order valence-corrected chi connectivity index (χ0v) is 14.6. The second-order valence-corrected chi connectivity index (χ2v) is 7.97. The molecule has 0 aliphatic rings. The Labute approximate surface area is 132 Å². The molecule has 1 amide bonds. The summed E-state index contributed by atoms with van der Waals surface area (Å²) in [6.07, 6.45) is 1.94. The molecule has 0 bridgehead atoms. The molecule has 22 heavy (non-hydrogen) atoms. The highest BCUT2D eigenvalue weighted by Gasteiger charge is 2.16. The van der Waals surface area contributed by atoms with Crippen LogP contribution in [0.4, 0.5) is 4.79 Å². The van der Waals surface area contributed by atoms with Crippen molar-refractivity contribution in [3.63, 3.8) is 0 Å². The fourth-order valence-corrected chi connectivity index (χ4v) is 3.21. The SMILES string of the molecule is CCCCP(=O)(O)CCCNC(=O)OCCOC(=O)C(C)C. The van der Waals surface area contributed by atoms with Gasteiger partial charge in [0, 0.05) is 18.9 Å². The maximum Gasteiger partial charge on any atom is 0.407 e. The Kier molecular flexibility index (Phi) is 10.9. The Morgan fingerprint density at radius 3 is 2.32 bits per heavy atom. The van der Waals surface area contributed by atoms with Crippen molar-refractivity contribution in [2.24, 2.45) is 5.92 Å². The lowest BCUT2D eigenvalue weighted by atomic mass is 10.2. The molecule has 7 nitrogen and oxygen atoms in total. The molecular formula is C14H28NO6P. The molecule has 0 rings (SSSR count). The summed E-state index contributed by atoms with van der Waals surface area (Å²) >= 11 is 0. The molecular weight excluding hydrogens is 309 g/mol. The van der Waals surface area contributed by atoms with Gasteiger partial charge in [0.15, 0.2) is 0 Å². The fourth-order valence-electron chi connectivity index (χ4n) is 1.53. The maximum atomic E-state index is 11.7. The van der Waals surface area contributed by atoms with Gasteiger partial charge in [-0.1, -0.05) is 27.2 Å². The van der Waals surface area contributed by atoms with Gasteiger partial charge in [0.05, 0.1) is 5.92 Å². The first-order chi connectivity index (χ1) is 10.3. The van der Waals surface area contributed by atoms with Crippen molar-refractivity contribution in [2.75, 3.05) is 32.1 Å². The van der Waals surface area contributed by atoms with Crippen molar-refractivity contribution in [1.82, 2.24) is 5.32 Å². The predicted octanol–water partition coefficient (Wildman–Crippen LogP) is 2.37. The molecule has 8 heteroatoms. The molecule has 1 atom stereocenters. The van der Waals surface area contributed by atoms with E-state index in [1.165, 1.54) is 0 Å². The van der Waals surface area contributed by atoms with E-state index >= 15 is 0 Å². The van der Waals surface area contributed by atoms with Crippen LogP contribution in [0.5, 0.6) is 0 Å². The number of hydrogen-bond donors (Lipinski definition) is 2. The van der Waals surface area contributed by atoms with Crippen LogP contribution in [0.2, 0.25) is 0 Å². The molecule has 0 spiro atoms. The van der Waals surface area contributed by atoms with Crippen molar-refractivity contribution in [2.45, 2.75) is 40.0 Å². The highest BCUT2D eigenvalue weighted by molar-refractivity contribution is 7.57. The van der Waals surface area contributed by atoms with Gasteiger partial charge in [-0.05, 0) is 12.8 Å². The first kappa shape index (κ1) is 20.9. The van der Waals surface area contributed by atoms with Crippen LogP contribution in [0.3, 0.4) is 0 Å². The number of alkyl carbamates (subject to hydrolysis) is 1. The molecule has 0 aromatic rings. The van der Waals surface area contributed by atoms with Crippen LogP contribution in [0.1, 0.15) is 40.0 Å². The van der Waals surface area contributed by atoms with Crippen LogP contribution in [-0.2, 0) is 18.8 Å². The molecule has 1 unspecified atom stereocenters. The summed E-state index contributed by atoms with van der Waals surface area (Å²) in [7, 11) is -3.07. The summed E-state index contributed by atoms with van der Waals surface area (Å²) < 4.78 is 21.4. The van der Waals surface area contributed by atoms with E-state index in [4.69, 9.17) is 9.47 Å². The Balaban J connectivity index is 3.62.